The van der Waals surface area contributed by atoms with E-state index >= 15 is 0 Å². The van der Waals surface area contributed by atoms with E-state index in [0.717, 1.165) is 36.5 Å². The molecule has 0 bridgehead atoms. The number of benzene rings is 1. The first-order valence-corrected chi connectivity index (χ1v) is 7.85. The Kier molecular flexibility index (Phi) is 4.03. The number of aromatic nitrogens is 1. The number of nitrogens with zero attached hydrogens (tertiary/aromatic N) is 1. The summed E-state index contributed by atoms with van der Waals surface area (Å²) in [6.07, 6.45) is 2.51. The molecule has 20 heavy (non-hydrogen) atoms. The van der Waals surface area contributed by atoms with Crippen molar-refractivity contribution in [1.29, 1.82) is 0 Å². The van der Waals surface area contributed by atoms with Crippen LogP contribution in [0.4, 0.5) is 0 Å². The maximum atomic E-state index is 5.61. The van der Waals surface area contributed by atoms with Gasteiger partial charge in [-0.05, 0) is 44.0 Å². The summed E-state index contributed by atoms with van der Waals surface area (Å²) in [5.74, 6) is 1.43. The Labute approximate surface area is 123 Å². The van der Waals surface area contributed by atoms with E-state index < -0.39 is 0 Å². The molecule has 4 heteroatoms. The molecule has 106 valence electrons. The van der Waals surface area contributed by atoms with Crippen molar-refractivity contribution >= 4 is 11.3 Å². The van der Waals surface area contributed by atoms with Gasteiger partial charge in [0.05, 0.1) is 23.9 Å². The lowest BCUT2D eigenvalue weighted by Crippen LogP contribution is -2.21. The predicted octanol–water partition coefficient (Wildman–Crippen LogP) is 4.10. The van der Waals surface area contributed by atoms with Gasteiger partial charge in [-0.2, -0.15) is 0 Å². The molecule has 2 aromatic rings. The van der Waals surface area contributed by atoms with E-state index in [1.165, 1.54) is 5.01 Å². The van der Waals surface area contributed by atoms with Gasteiger partial charge in [0, 0.05) is 23.5 Å². The molecular formula is C16H19NO2S. The second kappa shape index (κ2) is 5.94. The lowest BCUT2D eigenvalue weighted by atomic mass is 9.97. The fourth-order valence-electron chi connectivity index (χ4n) is 2.59. The van der Waals surface area contributed by atoms with Gasteiger partial charge in [-0.1, -0.05) is 0 Å². The average Bonchev–Trinajstić information content (AvgIpc) is 2.97. The maximum Gasteiger partial charge on any atom is 0.118 e. The van der Waals surface area contributed by atoms with Gasteiger partial charge < -0.3 is 9.47 Å². The van der Waals surface area contributed by atoms with Gasteiger partial charge in [0.15, 0.2) is 0 Å². The Bertz CT molecular complexity index is 564. The van der Waals surface area contributed by atoms with Crippen LogP contribution in [0.1, 0.15) is 30.7 Å². The van der Waals surface area contributed by atoms with Crippen LogP contribution in [0.3, 0.4) is 0 Å². The number of rotatable bonds is 3. The molecule has 1 aliphatic rings. The molecule has 1 aliphatic heterocycles. The van der Waals surface area contributed by atoms with Crippen LogP contribution in [0.2, 0.25) is 0 Å². The molecule has 1 fully saturated rings. The zero-order chi connectivity index (χ0) is 13.9. The molecule has 0 saturated carbocycles. The Morgan fingerprint density at radius 1 is 1.30 bits per heavy atom. The molecule has 1 aromatic carbocycles. The minimum atomic E-state index is 0.349. The number of hydrogen-bond donors (Lipinski definition) is 0. The van der Waals surface area contributed by atoms with E-state index in [9.17, 15) is 0 Å². The van der Waals surface area contributed by atoms with E-state index in [0.29, 0.717) is 12.0 Å². The Balaban J connectivity index is 1.78. The summed E-state index contributed by atoms with van der Waals surface area (Å²) < 4.78 is 10.8. The van der Waals surface area contributed by atoms with Crippen LogP contribution >= 0.6 is 11.3 Å². The summed E-state index contributed by atoms with van der Waals surface area (Å²) >= 11 is 1.76. The van der Waals surface area contributed by atoms with Crippen LogP contribution in [0, 0.1) is 0 Å². The van der Waals surface area contributed by atoms with Crippen molar-refractivity contribution in [3.05, 3.63) is 34.7 Å². The zero-order valence-electron chi connectivity index (χ0n) is 11.8. The van der Waals surface area contributed by atoms with Crippen molar-refractivity contribution < 1.29 is 9.47 Å². The SMILES string of the molecule is COc1ccc(-c2csc([C@H]3CCO[C@H](C)C3)n2)cc1. The maximum absolute atomic E-state index is 5.61. The molecule has 0 spiro atoms. The number of hydrogen-bond acceptors (Lipinski definition) is 4. The zero-order valence-corrected chi connectivity index (χ0v) is 12.7. The topological polar surface area (TPSA) is 31.4 Å². The highest BCUT2D eigenvalue weighted by Crippen LogP contribution is 2.34. The number of ether oxygens (including phenoxy) is 2. The molecule has 1 aromatic heterocycles. The van der Waals surface area contributed by atoms with Gasteiger partial charge in [-0.15, -0.1) is 11.3 Å². The van der Waals surface area contributed by atoms with Crippen molar-refractivity contribution in [2.45, 2.75) is 31.8 Å². The van der Waals surface area contributed by atoms with Crippen molar-refractivity contribution in [1.82, 2.24) is 4.98 Å². The van der Waals surface area contributed by atoms with E-state index in [1.54, 1.807) is 18.4 Å². The first-order valence-electron chi connectivity index (χ1n) is 6.97. The normalized spacial score (nSPS) is 22.7. The smallest absolute Gasteiger partial charge is 0.118 e. The third-order valence-corrected chi connectivity index (χ3v) is 4.75. The third-order valence-electron chi connectivity index (χ3n) is 3.74. The van der Waals surface area contributed by atoms with Crippen LogP contribution in [-0.4, -0.2) is 24.8 Å². The fraction of sp³-hybridized carbons (Fsp3) is 0.438. The second-order valence-electron chi connectivity index (χ2n) is 5.20. The van der Waals surface area contributed by atoms with E-state index in [4.69, 9.17) is 14.5 Å². The fourth-order valence-corrected chi connectivity index (χ4v) is 3.57. The Morgan fingerprint density at radius 3 is 2.80 bits per heavy atom. The lowest BCUT2D eigenvalue weighted by molar-refractivity contribution is 0.0186. The van der Waals surface area contributed by atoms with Crippen molar-refractivity contribution in [3.8, 4) is 17.0 Å². The van der Waals surface area contributed by atoms with Gasteiger partial charge in [0.25, 0.3) is 0 Å². The van der Waals surface area contributed by atoms with Gasteiger partial charge in [-0.25, -0.2) is 4.98 Å². The first-order chi connectivity index (χ1) is 9.76. The van der Waals surface area contributed by atoms with Crippen molar-refractivity contribution in [3.63, 3.8) is 0 Å². The molecule has 0 N–H and O–H groups in total. The molecule has 3 nitrogen and oxygen atoms in total. The number of thiazole rings is 1. The highest BCUT2D eigenvalue weighted by molar-refractivity contribution is 7.10. The molecule has 0 radical (unpaired) electrons. The highest BCUT2D eigenvalue weighted by Gasteiger charge is 2.23. The van der Waals surface area contributed by atoms with E-state index in [2.05, 4.69) is 24.4 Å². The standard InChI is InChI=1S/C16H19NO2S/c1-11-9-13(7-8-19-11)16-17-15(10-20-16)12-3-5-14(18-2)6-4-12/h3-6,10-11,13H,7-9H2,1-2H3/t11-,13+/m1/s1. The minimum Gasteiger partial charge on any atom is -0.497 e. The largest absolute Gasteiger partial charge is 0.497 e. The van der Waals surface area contributed by atoms with E-state index in [1.807, 2.05) is 12.1 Å². The van der Waals surface area contributed by atoms with Crippen LogP contribution in [-0.2, 0) is 4.74 Å². The Morgan fingerprint density at radius 2 is 2.10 bits per heavy atom. The summed E-state index contributed by atoms with van der Waals surface area (Å²) in [5, 5.41) is 3.39. The van der Waals surface area contributed by atoms with Crippen molar-refractivity contribution in [2.24, 2.45) is 0 Å². The summed E-state index contributed by atoms with van der Waals surface area (Å²) in [7, 11) is 1.68. The van der Waals surface area contributed by atoms with Gasteiger partial charge in [-0.3, -0.25) is 0 Å². The second-order valence-corrected chi connectivity index (χ2v) is 6.09. The molecule has 0 aliphatic carbocycles. The molecule has 0 unspecified atom stereocenters. The summed E-state index contributed by atoms with van der Waals surface area (Å²) in [6, 6.07) is 8.07. The quantitative estimate of drug-likeness (QED) is 0.852. The molecule has 0 amide bonds. The number of methoxy groups -OCH3 is 1. The molecule has 3 rings (SSSR count). The average molecular weight is 289 g/mol. The van der Waals surface area contributed by atoms with Crippen LogP contribution in [0.5, 0.6) is 5.75 Å². The van der Waals surface area contributed by atoms with Crippen LogP contribution < -0.4 is 4.74 Å². The minimum absolute atomic E-state index is 0.349. The van der Waals surface area contributed by atoms with Gasteiger partial charge in [0.2, 0.25) is 0 Å². The first kappa shape index (κ1) is 13.6. The van der Waals surface area contributed by atoms with Gasteiger partial charge >= 0.3 is 0 Å². The summed E-state index contributed by atoms with van der Waals surface area (Å²) in [5.41, 5.74) is 2.21. The lowest BCUT2D eigenvalue weighted by Gasteiger charge is -2.25. The third kappa shape index (κ3) is 2.86. The van der Waals surface area contributed by atoms with Crippen LogP contribution in [0.15, 0.2) is 29.6 Å². The predicted molar refractivity (Wildman–Crippen MR) is 81.5 cm³/mol. The molecule has 2 atom stereocenters. The van der Waals surface area contributed by atoms with E-state index in [-0.39, 0.29) is 0 Å². The van der Waals surface area contributed by atoms with Gasteiger partial charge in [0.1, 0.15) is 5.75 Å². The van der Waals surface area contributed by atoms with Crippen LogP contribution in [0.25, 0.3) is 11.3 Å². The van der Waals surface area contributed by atoms with Crippen molar-refractivity contribution in [2.75, 3.05) is 13.7 Å². The summed E-state index contributed by atoms with van der Waals surface area (Å²) in [4.78, 5) is 4.82. The molecule has 2 heterocycles. The molecular weight excluding hydrogens is 270 g/mol. The highest BCUT2D eigenvalue weighted by atomic mass is 32.1. The monoisotopic (exact) mass is 289 g/mol. The molecule has 1 saturated heterocycles. The Hall–Kier alpha value is -1.39. The summed E-state index contributed by atoms with van der Waals surface area (Å²) in [6.45, 7) is 2.99.